The first kappa shape index (κ1) is 18.0. The van der Waals surface area contributed by atoms with E-state index in [9.17, 15) is 8.42 Å². The molecular formula is C17H24N4O3S. The first-order valence-corrected chi connectivity index (χ1v) is 9.89. The second kappa shape index (κ2) is 7.23. The smallest absolute Gasteiger partial charge is 0.216 e. The molecule has 2 heterocycles. The third kappa shape index (κ3) is 3.61. The zero-order chi connectivity index (χ0) is 18.0. The van der Waals surface area contributed by atoms with E-state index in [1.54, 1.807) is 25.3 Å². The summed E-state index contributed by atoms with van der Waals surface area (Å²) in [6.45, 7) is 4.74. The Kier molecular flexibility index (Phi) is 5.21. The molecule has 7 nitrogen and oxygen atoms in total. The molecule has 1 aliphatic rings. The number of hydrogen-bond donors (Lipinski definition) is 1. The van der Waals surface area contributed by atoms with Gasteiger partial charge in [0.2, 0.25) is 10.0 Å². The molecule has 2 atom stereocenters. The Morgan fingerprint density at radius 3 is 2.64 bits per heavy atom. The minimum atomic E-state index is -3.30. The molecule has 1 aliphatic heterocycles. The van der Waals surface area contributed by atoms with Crippen LogP contribution in [0.5, 0.6) is 0 Å². The topological polar surface area (TPSA) is 88.2 Å². The van der Waals surface area contributed by atoms with Crippen LogP contribution in [0.2, 0.25) is 0 Å². The van der Waals surface area contributed by atoms with E-state index < -0.39 is 15.3 Å². The third-order valence-corrected chi connectivity index (χ3v) is 6.84. The van der Waals surface area contributed by atoms with E-state index in [1.807, 2.05) is 30.3 Å². The summed E-state index contributed by atoms with van der Waals surface area (Å²) in [6.07, 6.45) is 0. The van der Waals surface area contributed by atoms with Crippen molar-refractivity contribution in [3.8, 4) is 11.4 Å². The maximum Gasteiger partial charge on any atom is 0.216 e. The molecule has 25 heavy (non-hydrogen) atoms. The number of benzene rings is 1. The van der Waals surface area contributed by atoms with Gasteiger partial charge in [-0.15, -0.1) is 0 Å². The Morgan fingerprint density at radius 2 is 2.00 bits per heavy atom. The van der Waals surface area contributed by atoms with Crippen molar-refractivity contribution in [3.63, 3.8) is 0 Å². The van der Waals surface area contributed by atoms with Crippen LogP contribution in [0.25, 0.3) is 11.4 Å². The van der Waals surface area contributed by atoms with Crippen LogP contribution in [0.1, 0.15) is 25.6 Å². The molecule has 0 amide bonds. The molecule has 0 spiro atoms. The molecule has 1 aromatic carbocycles. The van der Waals surface area contributed by atoms with Gasteiger partial charge in [-0.2, -0.15) is 5.10 Å². The van der Waals surface area contributed by atoms with Gasteiger partial charge in [-0.1, -0.05) is 30.3 Å². The molecule has 0 radical (unpaired) electrons. The van der Waals surface area contributed by atoms with E-state index in [-0.39, 0.29) is 11.8 Å². The maximum absolute atomic E-state index is 12.5. The zero-order valence-electron chi connectivity index (χ0n) is 14.7. The van der Waals surface area contributed by atoms with Crippen LogP contribution in [0.3, 0.4) is 0 Å². The van der Waals surface area contributed by atoms with Crippen LogP contribution in [0.15, 0.2) is 30.3 Å². The number of nitrogens with one attached hydrogen (secondary N) is 1. The van der Waals surface area contributed by atoms with Crippen molar-refractivity contribution in [1.82, 2.24) is 19.5 Å². The largest absolute Gasteiger partial charge is 0.384 e. The molecule has 3 rings (SSSR count). The molecule has 136 valence electrons. The van der Waals surface area contributed by atoms with Crippen LogP contribution in [-0.2, 0) is 14.8 Å². The highest BCUT2D eigenvalue weighted by molar-refractivity contribution is 7.89. The minimum absolute atomic E-state index is 0.0510. The second-order valence-electron chi connectivity index (χ2n) is 6.64. The Bertz CT molecular complexity index is 804. The molecule has 8 heteroatoms. The van der Waals surface area contributed by atoms with E-state index in [4.69, 9.17) is 4.74 Å². The van der Waals surface area contributed by atoms with Crippen molar-refractivity contribution >= 4 is 10.0 Å². The van der Waals surface area contributed by atoms with Gasteiger partial charge in [0.05, 0.1) is 11.9 Å². The predicted octanol–water partition coefficient (Wildman–Crippen LogP) is 1.87. The Balaban J connectivity index is 1.86. The highest BCUT2D eigenvalue weighted by atomic mass is 32.2. The molecule has 1 fully saturated rings. The summed E-state index contributed by atoms with van der Waals surface area (Å²) in [5.74, 6) is 1.33. The number of methoxy groups -OCH3 is 1. The average molecular weight is 364 g/mol. The van der Waals surface area contributed by atoms with E-state index >= 15 is 0 Å². The van der Waals surface area contributed by atoms with Crippen molar-refractivity contribution < 1.29 is 13.2 Å². The summed E-state index contributed by atoms with van der Waals surface area (Å²) in [6, 6.07) is 9.71. The molecule has 2 aromatic rings. The van der Waals surface area contributed by atoms with E-state index in [0.717, 1.165) is 5.56 Å². The van der Waals surface area contributed by atoms with Gasteiger partial charge in [-0.05, 0) is 13.8 Å². The first-order valence-electron chi connectivity index (χ1n) is 8.39. The number of aromatic nitrogens is 3. The molecule has 1 N–H and O–H groups in total. The van der Waals surface area contributed by atoms with E-state index in [2.05, 4.69) is 15.2 Å². The Hall–Kier alpha value is -1.77. The first-order chi connectivity index (χ1) is 11.9. The summed E-state index contributed by atoms with van der Waals surface area (Å²) in [7, 11) is -1.67. The Labute approximate surface area is 148 Å². The van der Waals surface area contributed by atoms with Gasteiger partial charge in [0.15, 0.2) is 5.82 Å². The van der Waals surface area contributed by atoms with Gasteiger partial charge < -0.3 is 4.74 Å². The molecule has 0 saturated carbocycles. The standard InChI is InChI=1S/C17H24N4O3S/c1-12(2)25(22,23)21-9-14(11-24-3)15(10-21)17-18-16(19-20-17)13-7-5-4-6-8-13/h4-8,12,14-15H,9-11H2,1-3H3,(H,18,19,20)/t14-,15+/m0/s1. The molecule has 1 aromatic heterocycles. The highest BCUT2D eigenvalue weighted by Crippen LogP contribution is 2.34. The van der Waals surface area contributed by atoms with Crippen molar-refractivity contribution in [2.75, 3.05) is 26.8 Å². The maximum atomic E-state index is 12.5. The van der Waals surface area contributed by atoms with Gasteiger partial charge in [0.1, 0.15) is 5.82 Å². The molecule has 0 unspecified atom stereocenters. The molecule has 0 bridgehead atoms. The molecule has 0 aliphatic carbocycles. The second-order valence-corrected chi connectivity index (χ2v) is 9.13. The number of aromatic amines is 1. The van der Waals surface area contributed by atoms with Gasteiger partial charge in [0.25, 0.3) is 0 Å². The summed E-state index contributed by atoms with van der Waals surface area (Å²) in [5.41, 5.74) is 0.929. The lowest BCUT2D eigenvalue weighted by Crippen LogP contribution is -2.35. The Morgan fingerprint density at radius 1 is 1.28 bits per heavy atom. The summed E-state index contributed by atoms with van der Waals surface area (Å²) < 4.78 is 31.9. The minimum Gasteiger partial charge on any atom is -0.384 e. The quantitative estimate of drug-likeness (QED) is 0.845. The fourth-order valence-corrected chi connectivity index (χ4v) is 4.55. The number of sulfonamides is 1. The fraction of sp³-hybridized carbons (Fsp3) is 0.529. The van der Waals surface area contributed by atoms with Crippen molar-refractivity contribution in [2.24, 2.45) is 5.92 Å². The van der Waals surface area contributed by atoms with Crippen LogP contribution in [0, 0.1) is 5.92 Å². The lowest BCUT2D eigenvalue weighted by molar-refractivity contribution is 0.150. The van der Waals surface area contributed by atoms with Crippen LogP contribution in [0.4, 0.5) is 0 Å². The number of hydrogen-bond acceptors (Lipinski definition) is 5. The van der Waals surface area contributed by atoms with Gasteiger partial charge in [-0.3, -0.25) is 5.10 Å². The number of nitrogens with zero attached hydrogens (tertiary/aromatic N) is 3. The third-order valence-electron chi connectivity index (χ3n) is 4.63. The zero-order valence-corrected chi connectivity index (χ0v) is 15.5. The lowest BCUT2D eigenvalue weighted by Gasteiger charge is -2.18. The van der Waals surface area contributed by atoms with E-state index in [0.29, 0.717) is 31.3 Å². The van der Waals surface area contributed by atoms with Crippen molar-refractivity contribution in [3.05, 3.63) is 36.2 Å². The van der Waals surface area contributed by atoms with Crippen LogP contribution < -0.4 is 0 Å². The fourth-order valence-electron chi connectivity index (χ4n) is 3.19. The summed E-state index contributed by atoms with van der Waals surface area (Å²) >= 11 is 0. The summed E-state index contributed by atoms with van der Waals surface area (Å²) in [5, 5.41) is 6.86. The number of rotatable bonds is 6. The molecular weight excluding hydrogens is 340 g/mol. The van der Waals surface area contributed by atoms with Crippen molar-refractivity contribution in [1.29, 1.82) is 0 Å². The van der Waals surface area contributed by atoms with Gasteiger partial charge in [-0.25, -0.2) is 17.7 Å². The van der Waals surface area contributed by atoms with Gasteiger partial charge >= 0.3 is 0 Å². The SMILES string of the molecule is COC[C@@H]1CN(S(=O)(=O)C(C)C)C[C@H]1c1nc(-c2ccccc2)n[nH]1. The average Bonchev–Trinajstić information content (AvgIpc) is 3.23. The highest BCUT2D eigenvalue weighted by Gasteiger charge is 2.41. The normalized spacial score (nSPS) is 21.9. The number of H-pyrrole nitrogens is 1. The van der Waals surface area contributed by atoms with Crippen LogP contribution >= 0.6 is 0 Å². The molecule has 1 saturated heterocycles. The monoisotopic (exact) mass is 364 g/mol. The van der Waals surface area contributed by atoms with Crippen molar-refractivity contribution in [2.45, 2.75) is 25.0 Å². The predicted molar refractivity (Wildman–Crippen MR) is 95.6 cm³/mol. The van der Waals surface area contributed by atoms with Crippen LogP contribution in [-0.4, -0.2) is 60.0 Å². The lowest BCUT2D eigenvalue weighted by atomic mass is 9.96. The van der Waals surface area contributed by atoms with Gasteiger partial charge in [0, 0.05) is 37.6 Å². The summed E-state index contributed by atoms with van der Waals surface area (Å²) in [4.78, 5) is 4.61. The number of ether oxygens (including phenoxy) is 1. The van der Waals surface area contributed by atoms with E-state index in [1.165, 1.54) is 0 Å².